The molecular weight excluding hydrogens is 221 g/mol. The fourth-order valence-corrected chi connectivity index (χ4v) is 1.82. The molecule has 4 heteroatoms. The zero-order chi connectivity index (χ0) is 12.7. The molecule has 0 radical (unpaired) electrons. The van der Waals surface area contributed by atoms with Gasteiger partial charge in [0.1, 0.15) is 5.82 Å². The van der Waals surface area contributed by atoms with Crippen molar-refractivity contribution in [1.29, 1.82) is 0 Å². The van der Waals surface area contributed by atoms with Gasteiger partial charge in [-0.15, -0.1) is 0 Å². The Labute approximate surface area is 102 Å². The van der Waals surface area contributed by atoms with Crippen LogP contribution in [0.2, 0.25) is 0 Å². The quantitative estimate of drug-likeness (QED) is 0.765. The van der Waals surface area contributed by atoms with E-state index in [0.29, 0.717) is 12.2 Å². The van der Waals surface area contributed by atoms with Gasteiger partial charge in [-0.05, 0) is 12.5 Å². The van der Waals surface area contributed by atoms with Crippen LogP contribution in [0.1, 0.15) is 24.9 Å². The minimum atomic E-state index is -0.221. The average Bonchev–Trinajstić information content (AvgIpc) is 2.35. The Morgan fingerprint density at radius 2 is 2.12 bits per heavy atom. The second kappa shape index (κ2) is 7.37. The van der Waals surface area contributed by atoms with Gasteiger partial charge in [0.25, 0.3) is 0 Å². The predicted molar refractivity (Wildman–Crippen MR) is 65.3 cm³/mol. The Hall–Kier alpha value is -0.970. The van der Waals surface area contributed by atoms with Gasteiger partial charge in [0.15, 0.2) is 0 Å². The monoisotopic (exact) mass is 241 g/mol. The standard InChI is InChI=1S/C13H20FNO2/c1-3-13(15-10(8-16)9-17-2)11-6-4-5-7-12(11)14/h4-7,10,13,15-16H,3,8-9H2,1-2H3. The molecule has 1 aromatic carbocycles. The number of ether oxygens (including phenoxy) is 1. The van der Waals surface area contributed by atoms with Crippen molar-refractivity contribution in [2.75, 3.05) is 20.3 Å². The van der Waals surface area contributed by atoms with Crippen LogP contribution in [0.3, 0.4) is 0 Å². The molecule has 2 unspecified atom stereocenters. The van der Waals surface area contributed by atoms with Crippen LogP contribution >= 0.6 is 0 Å². The molecule has 1 rings (SSSR count). The number of halogens is 1. The fraction of sp³-hybridized carbons (Fsp3) is 0.538. The maximum Gasteiger partial charge on any atom is 0.127 e. The molecule has 0 spiro atoms. The first-order valence-electron chi connectivity index (χ1n) is 5.83. The molecule has 2 atom stereocenters. The summed E-state index contributed by atoms with van der Waals surface area (Å²) in [7, 11) is 1.58. The number of benzene rings is 1. The zero-order valence-electron chi connectivity index (χ0n) is 10.3. The summed E-state index contributed by atoms with van der Waals surface area (Å²) < 4.78 is 18.6. The summed E-state index contributed by atoms with van der Waals surface area (Å²) in [6.45, 7) is 2.35. The highest BCUT2D eigenvalue weighted by Crippen LogP contribution is 2.20. The average molecular weight is 241 g/mol. The normalized spacial score (nSPS) is 14.6. The van der Waals surface area contributed by atoms with E-state index in [1.54, 1.807) is 19.2 Å². The molecule has 0 saturated heterocycles. The molecule has 96 valence electrons. The third-order valence-electron chi connectivity index (χ3n) is 2.71. The van der Waals surface area contributed by atoms with Gasteiger partial charge < -0.3 is 15.2 Å². The number of hydrogen-bond donors (Lipinski definition) is 2. The third kappa shape index (κ3) is 4.07. The highest BCUT2D eigenvalue weighted by atomic mass is 19.1. The number of aliphatic hydroxyl groups is 1. The number of methoxy groups -OCH3 is 1. The Morgan fingerprint density at radius 1 is 1.41 bits per heavy atom. The molecule has 0 fully saturated rings. The minimum absolute atomic E-state index is 0.0290. The first-order valence-corrected chi connectivity index (χ1v) is 5.83. The van der Waals surface area contributed by atoms with E-state index < -0.39 is 0 Å². The van der Waals surface area contributed by atoms with Gasteiger partial charge in [0.2, 0.25) is 0 Å². The van der Waals surface area contributed by atoms with Crippen LogP contribution < -0.4 is 5.32 Å². The molecule has 0 bridgehead atoms. The lowest BCUT2D eigenvalue weighted by Gasteiger charge is -2.23. The van der Waals surface area contributed by atoms with Crippen LogP contribution in [0, 0.1) is 5.82 Å². The molecule has 0 heterocycles. The summed E-state index contributed by atoms with van der Waals surface area (Å²) in [6, 6.07) is 6.41. The van der Waals surface area contributed by atoms with Crippen molar-refractivity contribution in [2.24, 2.45) is 0 Å². The van der Waals surface area contributed by atoms with Crippen LogP contribution in [-0.4, -0.2) is 31.5 Å². The smallest absolute Gasteiger partial charge is 0.127 e. The predicted octanol–water partition coefficient (Wildman–Crippen LogP) is 1.87. The van der Waals surface area contributed by atoms with Gasteiger partial charge in [-0.1, -0.05) is 25.1 Å². The summed E-state index contributed by atoms with van der Waals surface area (Å²) in [4.78, 5) is 0. The highest BCUT2D eigenvalue weighted by Gasteiger charge is 2.17. The molecule has 1 aromatic rings. The van der Waals surface area contributed by atoms with Gasteiger partial charge in [0, 0.05) is 18.7 Å². The lowest BCUT2D eigenvalue weighted by Crippen LogP contribution is -2.39. The Balaban J connectivity index is 2.74. The van der Waals surface area contributed by atoms with Crippen molar-refractivity contribution in [1.82, 2.24) is 5.32 Å². The second-order valence-corrected chi connectivity index (χ2v) is 3.98. The summed E-state index contributed by atoms with van der Waals surface area (Å²) in [5.41, 5.74) is 0.629. The van der Waals surface area contributed by atoms with E-state index in [4.69, 9.17) is 4.74 Å². The van der Waals surface area contributed by atoms with Crippen LogP contribution in [0.5, 0.6) is 0 Å². The van der Waals surface area contributed by atoms with Crippen LogP contribution in [0.25, 0.3) is 0 Å². The lowest BCUT2D eigenvalue weighted by molar-refractivity contribution is 0.121. The Kier molecular flexibility index (Phi) is 6.11. The van der Waals surface area contributed by atoms with E-state index in [-0.39, 0.29) is 24.5 Å². The minimum Gasteiger partial charge on any atom is -0.395 e. The summed E-state index contributed by atoms with van der Waals surface area (Å²) in [6.07, 6.45) is 0.751. The summed E-state index contributed by atoms with van der Waals surface area (Å²) in [5, 5.41) is 12.4. The topological polar surface area (TPSA) is 41.5 Å². The van der Waals surface area contributed by atoms with E-state index in [1.165, 1.54) is 6.07 Å². The van der Waals surface area contributed by atoms with E-state index >= 15 is 0 Å². The van der Waals surface area contributed by atoms with Crippen molar-refractivity contribution in [3.05, 3.63) is 35.6 Å². The molecule has 0 aliphatic rings. The van der Waals surface area contributed by atoms with E-state index in [9.17, 15) is 9.50 Å². The molecule has 3 nitrogen and oxygen atoms in total. The van der Waals surface area contributed by atoms with Crippen molar-refractivity contribution in [3.8, 4) is 0 Å². The van der Waals surface area contributed by atoms with Crippen molar-refractivity contribution >= 4 is 0 Å². The van der Waals surface area contributed by atoms with Gasteiger partial charge >= 0.3 is 0 Å². The molecule has 2 N–H and O–H groups in total. The van der Waals surface area contributed by atoms with Gasteiger partial charge in [-0.3, -0.25) is 0 Å². The van der Waals surface area contributed by atoms with Crippen molar-refractivity contribution < 1.29 is 14.2 Å². The highest BCUT2D eigenvalue weighted by molar-refractivity contribution is 5.21. The summed E-state index contributed by atoms with van der Waals surface area (Å²) >= 11 is 0. The molecule has 0 aliphatic carbocycles. The maximum absolute atomic E-state index is 13.6. The second-order valence-electron chi connectivity index (χ2n) is 3.98. The molecule has 0 saturated carbocycles. The van der Waals surface area contributed by atoms with Crippen LogP contribution in [-0.2, 0) is 4.74 Å². The lowest BCUT2D eigenvalue weighted by atomic mass is 10.0. The molecular formula is C13H20FNO2. The zero-order valence-corrected chi connectivity index (χ0v) is 10.3. The summed E-state index contributed by atoms with van der Waals surface area (Å²) in [5.74, 6) is -0.221. The van der Waals surface area contributed by atoms with E-state index in [2.05, 4.69) is 5.32 Å². The SMILES string of the molecule is CCC(NC(CO)COC)c1ccccc1F. The first kappa shape index (κ1) is 14.1. The Bertz CT molecular complexity index is 333. The number of hydrogen-bond acceptors (Lipinski definition) is 3. The van der Waals surface area contributed by atoms with Crippen molar-refractivity contribution in [2.45, 2.75) is 25.4 Å². The number of nitrogens with one attached hydrogen (secondary N) is 1. The van der Waals surface area contributed by atoms with Crippen LogP contribution in [0.4, 0.5) is 4.39 Å². The largest absolute Gasteiger partial charge is 0.395 e. The third-order valence-corrected chi connectivity index (χ3v) is 2.71. The van der Waals surface area contributed by atoms with Crippen molar-refractivity contribution in [3.63, 3.8) is 0 Å². The molecule has 0 aliphatic heterocycles. The van der Waals surface area contributed by atoms with E-state index in [0.717, 1.165) is 6.42 Å². The maximum atomic E-state index is 13.6. The number of aliphatic hydroxyl groups excluding tert-OH is 1. The van der Waals surface area contributed by atoms with Gasteiger partial charge in [-0.25, -0.2) is 4.39 Å². The Morgan fingerprint density at radius 3 is 2.65 bits per heavy atom. The molecule has 0 aromatic heterocycles. The van der Waals surface area contributed by atoms with Gasteiger partial charge in [0.05, 0.1) is 19.3 Å². The number of rotatable bonds is 7. The van der Waals surface area contributed by atoms with Crippen LogP contribution in [0.15, 0.2) is 24.3 Å². The van der Waals surface area contributed by atoms with Gasteiger partial charge in [-0.2, -0.15) is 0 Å². The fourth-order valence-electron chi connectivity index (χ4n) is 1.82. The van der Waals surface area contributed by atoms with E-state index in [1.807, 2.05) is 13.0 Å². The first-order chi connectivity index (χ1) is 8.22. The molecule has 0 amide bonds. The molecule has 17 heavy (non-hydrogen) atoms.